The van der Waals surface area contributed by atoms with E-state index in [-0.39, 0.29) is 12.5 Å². The first-order chi connectivity index (χ1) is 9.38. The molecule has 0 spiro atoms. The molecule has 0 atom stereocenters. The number of hydrogen-bond donors (Lipinski definition) is 1. The van der Waals surface area contributed by atoms with E-state index < -0.39 is 0 Å². The summed E-state index contributed by atoms with van der Waals surface area (Å²) >= 11 is 6.21. The Labute approximate surface area is 122 Å². The molecule has 1 amide bonds. The van der Waals surface area contributed by atoms with E-state index in [1.165, 1.54) is 4.90 Å². The highest BCUT2D eigenvalue weighted by Crippen LogP contribution is 2.31. The smallest absolute Gasteiger partial charge is 0.243 e. The molecule has 0 aliphatic rings. The maximum atomic E-state index is 11.6. The summed E-state index contributed by atoms with van der Waals surface area (Å²) < 4.78 is 1.60. The van der Waals surface area contributed by atoms with Gasteiger partial charge in [0, 0.05) is 37.1 Å². The van der Waals surface area contributed by atoms with E-state index in [4.69, 9.17) is 17.3 Å². The molecule has 2 rings (SSSR count). The van der Waals surface area contributed by atoms with Gasteiger partial charge in [0.15, 0.2) is 0 Å². The number of amides is 1. The van der Waals surface area contributed by atoms with Crippen LogP contribution in [0.1, 0.15) is 5.56 Å². The van der Waals surface area contributed by atoms with Gasteiger partial charge in [0.05, 0.1) is 11.2 Å². The Kier molecular flexibility index (Phi) is 3.99. The van der Waals surface area contributed by atoms with Gasteiger partial charge in [-0.2, -0.15) is 5.10 Å². The molecule has 0 radical (unpaired) electrons. The van der Waals surface area contributed by atoms with Crippen LogP contribution in [0.5, 0.6) is 0 Å². The van der Waals surface area contributed by atoms with E-state index in [2.05, 4.69) is 5.10 Å². The maximum absolute atomic E-state index is 11.6. The van der Waals surface area contributed by atoms with Crippen molar-refractivity contribution in [1.29, 1.82) is 0 Å². The van der Waals surface area contributed by atoms with Gasteiger partial charge in [-0.25, -0.2) is 0 Å². The van der Waals surface area contributed by atoms with E-state index in [1.807, 2.05) is 13.0 Å². The number of halogens is 1. The van der Waals surface area contributed by atoms with Crippen LogP contribution in [0.3, 0.4) is 0 Å². The van der Waals surface area contributed by atoms with Crippen molar-refractivity contribution in [2.24, 2.45) is 0 Å². The van der Waals surface area contributed by atoms with E-state index in [1.54, 1.807) is 37.2 Å². The predicted octanol–water partition coefficient (Wildman–Crippen LogP) is 2.18. The molecule has 0 saturated heterocycles. The number of likely N-dealkylation sites (N-methyl/N-ethyl adjacent to an activating group) is 1. The van der Waals surface area contributed by atoms with Crippen molar-refractivity contribution in [1.82, 2.24) is 14.7 Å². The number of aromatic nitrogens is 2. The molecule has 5 nitrogen and oxygen atoms in total. The minimum atomic E-state index is -0.0146. The number of aryl methyl sites for hydroxylation is 1. The molecule has 20 heavy (non-hydrogen) atoms. The highest BCUT2D eigenvalue weighted by atomic mass is 35.5. The third-order valence-corrected chi connectivity index (χ3v) is 3.41. The quantitative estimate of drug-likeness (QED) is 0.882. The molecule has 1 aromatic carbocycles. The minimum Gasteiger partial charge on any atom is -0.398 e. The molecule has 0 bridgehead atoms. The highest BCUT2D eigenvalue weighted by Gasteiger charge is 2.11. The van der Waals surface area contributed by atoms with Crippen molar-refractivity contribution in [2.75, 3.05) is 19.8 Å². The minimum absolute atomic E-state index is 0.0146. The van der Waals surface area contributed by atoms with Gasteiger partial charge in [-0.3, -0.25) is 9.48 Å². The molecule has 2 aromatic rings. The Bertz CT molecular complexity index is 649. The fourth-order valence-electron chi connectivity index (χ4n) is 1.79. The van der Waals surface area contributed by atoms with Crippen LogP contribution in [-0.4, -0.2) is 34.7 Å². The summed E-state index contributed by atoms with van der Waals surface area (Å²) in [6.07, 6.45) is 3.50. The Hall–Kier alpha value is -2.01. The molecule has 2 N–H and O–H groups in total. The summed E-state index contributed by atoms with van der Waals surface area (Å²) in [7, 11) is 3.43. The number of carbonyl (C=O) groups excluding carboxylic acids is 1. The first-order valence-corrected chi connectivity index (χ1v) is 6.55. The summed E-state index contributed by atoms with van der Waals surface area (Å²) in [6.45, 7) is 2.13. The number of benzene rings is 1. The monoisotopic (exact) mass is 292 g/mol. The van der Waals surface area contributed by atoms with Crippen LogP contribution in [-0.2, 0) is 11.3 Å². The molecule has 1 aromatic heterocycles. The lowest BCUT2D eigenvalue weighted by molar-refractivity contribution is -0.129. The number of nitrogens with zero attached hydrogens (tertiary/aromatic N) is 3. The number of nitrogens with two attached hydrogens (primary N) is 1. The van der Waals surface area contributed by atoms with Gasteiger partial charge in [-0.15, -0.1) is 0 Å². The van der Waals surface area contributed by atoms with E-state index in [0.717, 1.165) is 16.7 Å². The van der Waals surface area contributed by atoms with E-state index >= 15 is 0 Å². The van der Waals surface area contributed by atoms with Gasteiger partial charge < -0.3 is 10.6 Å². The van der Waals surface area contributed by atoms with Crippen molar-refractivity contribution in [3.05, 3.63) is 35.1 Å². The Balaban J connectivity index is 2.29. The summed E-state index contributed by atoms with van der Waals surface area (Å²) in [5.74, 6) is -0.0146. The maximum Gasteiger partial charge on any atom is 0.243 e. The first-order valence-electron chi connectivity index (χ1n) is 6.17. The number of hydrogen-bond acceptors (Lipinski definition) is 3. The van der Waals surface area contributed by atoms with Crippen molar-refractivity contribution in [2.45, 2.75) is 13.5 Å². The standard InChI is InChI=1S/C14H17ClN4O/c1-9-4-11(12(15)5-13(9)16)10-6-17-19(7-10)8-14(20)18(2)3/h4-7H,8,16H2,1-3H3. The molecule has 0 unspecified atom stereocenters. The van der Waals surface area contributed by atoms with Gasteiger partial charge >= 0.3 is 0 Å². The zero-order valence-corrected chi connectivity index (χ0v) is 12.5. The molecule has 0 aliphatic heterocycles. The van der Waals surface area contributed by atoms with Gasteiger partial charge in [0.25, 0.3) is 0 Å². The van der Waals surface area contributed by atoms with Crippen molar-refractivity contribution in [3.63, 3.8) is 0 Å². The lowest BCUT2D eigenvalue weighted by Gasteiger charge is -2.09. The second-order valence-electron chi connectivity index (χ2n) is 4.90. The molecule has 106 valence electrons. The third-order valence-electron chi connectivity index (χ3n) is 3.10. The number of nitrogen functional groups attached to an aromatic ring is 1. The predicted molar refractivity (Wildman–Crippen MR) is 80.5 cm³/mol. The van der Waals surface area contributed by atoms with Crippen LogP contribution in [0.25, 0.3) is 11.1 Å². The highest BCUT2D eigenvalue weighted by molar-refractivity contribution is 6.33. The van der Waals surface area contributed by atoms with Crippen LogP contribution in [0.4, 0.5) is 5.69 Å². The Morgan fingerprint density at radius 3 is 2.80 bits per heavy atom. The Morgan fingerprint density at radius 1 is 1.45 bits per heavy atom. The number of rotatable bonds is 3. The SMILES string of the molecule is Cc1cc(-c2cnn(CC(=O)N(C)C)c2)c(Cl)cc1N. The molecule has 0 aliphatic carbocycles. The van der Waals surface area contributed by atoms with Gasteiger partial charge in [0.2, 0.25) is 5.91 Å². The van der Waals surface area contributed by atoms with Crippen LogP contribution >= 0.6 is 11.6 Å². The number of carbonyl (C=O) groups is 1. The van der Waals surface area contributed by atoms with E-state index in [0.29, 0.717) is 10.7 Å². The second kappa shape index (κ2) is 5.54. The van der Waals surface area contributed by atoms with Crippen molar-refractivity contribution < 1.29 is 4.79 Å². The second-order valence-corrected chi connectivity index (χ2v) is 5.31. The average Bonchev–Trinajstić information content (AvgIpc) is 2.82. The van der Waals surface area contributed by atoms with Crippen LogP contribution in [0, 0.1) is 6.92 Å². The average molecular weight is 293 g/mol. The molecule has 1 heterocycles. The van der Waals surface area contributed by atoms with Crippen LogP contribution in [0.2, 0.25) is 5.02 Å². The zero-order chi connectivity index (χ0) is 14.9. The largest absolute Gasteiger partial charge is 0.398 e. The molecule has 0 fully saturated rings. The first kappa shape index (κ1) is 14.4. The topological polar surface area (TPSA) is 64.2 Å². The normalized spacial score (nSPS) is 10.6. The summed E-state index contributed by atoms with van der Waals surface area (Å²) in [5, 5.41) is 4.76. The van der Waals surface area contributed by atoms with Crippen molar-refractivity contribution >= 4 is 23.2 Å². The lowest BCUT2D eigenvalue weighted by atomic mass is 10.1. The third kappa shape index (κ3) is 2.93. The lowest BCUT2D eigenvalue weighted by Crippen LogP contribution is -2.26. The summed E-state index contributed by atoms with van der Waals surface area (Å²) in [4.78, 5) is 13.2. The summed E-state index contributed by atoms with van der Waals surface area (Å²) in [5.41, 5.74) is 9.17. The fourth-order valence-corrected chi connectivity index (χ4v) is 2.07. The van der Waals surface area contributed by atoms with Crippen LogP contribution in [0.15, 0.2) is 24.5 Å². The molecular formula is C14H17ClN4O. The Morgan fingerprint density at radius 2 is 2.15 bits per heavy atom. The number of anilines is 1. The molecule has 0 saturated carbocycles. The van der Waals surface area contributed by atoms with Gasteiger partial charge in [-0.1, -0.05) is 11.6 Å². The molecular weight excluding hydrogens is 276 g/mol. The van der Waals surface area contributed by atoms with Gasteiger partial charge in [-0.05, 0) is 24.6 Å². The van der Waals surface area contributed by atoms with E-state index in [9.17, 15) is 4.79 Å². The van der Waals surface area contributed by atoms with Crippen LogP contribution < -0.4 is 5.73 Å². The zero-order valence-electron chi connectivity index (χ0n) is 11.7. The summed E-state index contributed by atoms with van der Waals surface area (Å²) in [6, 6.07) is 3.65. The van der Waals surface area contributed by atoms with Gasteiger partial charge in [0.1, 0.15) is 6.54 Å². The fraction of sp³-hybridized carbons (Fsp3) is 0.286. The molecule has 6 heteroatoms. The van der Waals surface area contributed by atoms with Crippen molar-refractivity contribution in [3.8, 4) is 11.1 Å².